The Bertz CT molecular complexity index is 1430. The summed E-state index contributed by atoms with van der Waals surface area (Å²) in [5, 5.41) is 24.6. The second-order valence-corrected chi connectivity index (χ2v) is 7.06. The van der Waals surface area contributed by atoms with Crippen LogP contribution in [-0.2, 0) is 4.79 Å². The number of ether oxygens (including phenoxy) is 1. The Labute approximate surface area is 182 Å². The smallest absolute Gasteiger partial charge is 0.252 e. The molecule has 4 aromatic rings. The van der Waals surface area contributed by atoms with Gasteiger partial charge >= 0.3 is 0 Å². The largest absolute Gasteiger partial charge is 0.443 e. The van der Waals surface area contributed by atoms with Crippen LogP contribution in [0.5, 0.6) is 5.88 Å². The van der Waals surface area contributed by atoms with Crippen molar-refractivity contribution in [1.82, 2.24) is 35.6 Å². The van der Waals surface area contributed by atoms with Gasteiger partial charge in [0.2, 0.25) is 11.7 Å². The number of dihydropyridines is 1. The minimum Gasteiger partial charge on any atom is -0.443 e. The number of carbonyl (C=O) groups excluding carboxylic acids is 1. The van der Waals surface area contributed by atoms with Crippen molar-refractivity contribution in [2.75, 3.05) is 6.54 Å². The Balaban J connectivity index is 1.50. The molecule has 4 heterocycles. The molecule has 1 aliphatic heterocycles. The first-order valence-corrected chi connectivity index (χ1v) is 10.0. The molecule has 0 aliphatic carbocycles. The number of amides is 1. The number of carbonyl (C=O) groups is 1. The lowest BCUT2D eigenvalue weighted by atomic mass is 10.2. The normalized spacial score (nSPS) is 14.6. The first kappa shape index (κ1) is 19.5. The van der Waals surface area contributed by atoms with Gasteiger partial charge in [-0.2, -0.15) is 4.52 Å². The molecule has 3 aromatic heterocycles. The molecule has 0 radical (unpaired) electrons. The molecule has 0 spiro atoms. The molecule has 1 aromatic carbocycles. The number of likely N-dealkylation sites (N-methyl/N-ethyl adjacent to an activating group) is 1. The zero-order valence-electron chi connectivity index (χ0n) is 17.4. The zero-order chi connectivity index (χ0) is 22.1. The van der Waals surface area contributed by atoms with E-state index in [0.717, 1.165) is 10.8 Å². The minimum absolute atomic E-state index is 0.141. The average molecular weight is 429 g/mol. The van der Waals surface area contributed by atoms with Gasteiger partial charge in [0, 0.05) is 29.6 Å². The molecule has 1 aliphatic rings. The Hall–Kier alpha value is -4.47. The van der Waals surface area contributed by atoms with Crippen LogP contribution in [0, 0.1) is 6.92 Å². The standard InChI is InChI=1S/C22H19N7O3/c1-3-23-21(30)14-8-9-15(24-11-14)12-31-22-17-7-5-4-6-16(17)19-25-26-20(29(19)27-22)18-10-13(2)32-28-18/h4-12,24H,3H2,1-2H3,(H,23,30). The number of aromatic nitrogens is 5. The van der Waals surface area contributed by atoms with Gasteiger partial charge < -0.3 is 19.9 Å². The van der Waals surface area contributed by atoms with Crippen LogP contribution in [0.3, 0.4) is 0 Å². The molecular weight excluding hydrogens is 410 g/mol. The van der Waals surface area contributed by atoms with Crippen LogP contribution >= 0.6 is 0 Å². The highest BCUT2D eigenvalue weighted by Gasteiger charge is 2.18. The molecule has 1 amide bonds. The van der Waals surface area contributed by atoms with E-state index in [4.69, 9.17) is 9.26 Å². The molecule has 32 heavy (non-hydrogen) atoms. The number of fused-ring (bicyclic) bond motifs is 3. The molecule has 0 unspecified atom stereocenters. The van der Waals surface area contributed by atoms with Gasteiger partial charge in [-0.25, -0.2) is 0 Å². The van der Waals surface area contributed by atoms with E-state index >= 15 is 0 Å². The molecule has 0 bridgehead atoms. The molecule has 10 heteroatoms. The van der Waals surface area contributed by atoms with Crippen molar-refractivity contribution in [3.63, 3.8) is 0 Å². The van der Waals surface area contributed by atoms with Gasteiger partial charge in [0.15, 0.2) is 11.3 Å². The van der Waals surface area contributed by atoms with Crippen molar-refractivity contribution >= 4 is 22.3 Å². The van der Waals surface area contributed by atoms with E-state index in [1.165, 1.54) is 6.26 Å². The minimum atomic E-state index is -0.141. The predicted octanol–water partition coefficient (Wildman–Crippen LogP) is 2.64. The van der Waals surface area contributed by atoms with Crippen LogP contribution in [0.2, 0.25) is 0 Å². The van der Waals surface area contributed by atoms with Gasteiger partial charge in [-0.1, -0.05) is 23.4 Å². The number of allylic oxidation sites excluding steroid dienone is 1. The third kappa shape index (κ3) is 3.47. The second-order valence-electron chi connectivity index (χ2n) is 7.06. The van der Waals surface area contributed by atoms with E-state index in [0.29, 0.717) is 46.6 Å². The fraction of sp³-hybridized carbons (Fsp3) is 0.136. The highest BCUT2D eigenvalue weighted by atomic mass is 16.5. The van der Waals surface area contributed by atoms with Crippen molar-refractivity contribution in [3.8, 4) is 17.4 Å². The van der Waals surface area contributed by atoms with Gasteiger partial charge in [0.25, 0.3) is 5.91 Å². The Morgan fingerprint density at radius 2 is 2.09 bits per heavy atom. The molecule has 2 N–H and O–H groups in total. The predicted molar refractivity (Wildman–Crippen MR) is 116 cm³/mol. The number of hydrogen-bond donors (Lipinski definition) is 2. The van der Waals surface area contributed by atoms with Crippen LogP contribution in [-0.4, -0.2) is 37.4 Å². The van der Waals surface area contributed by atoms with E-state index in [-0.39, 0.29) is 5.91 Å². The van der Waals surface area contributed by atoms with Gasteiger partial charge in [-0.05, 0) is 32.1 Å². The van der Waals surface area contributed by atoms with Crippen molar-refractivity contribution < 1.29 is 14.1 Å². The Morgan fingerprint density at radius 3 is 2.81 bits per heavy atom. The Kier molecular flexibility index (Phi) is 4.86. The first-order chi connectivity index (χ1) is 15.6. The van der Waals surface area contributed by atoms with Crippen molar-refractivity contribution in [1.29, 1.82) is 0 Å². The number of hydrogen-bond acceptors (Lipinski definition) is 8. The number of aryl methyl sites for hydroxylation is 1. The summed E-state index contributed by atoms with van der Waals surface area (Å²) in [6.07, 6.45) is 6.63. The highest BCUT2D eigenvalue weighted by Crippen LogP contribution is 2.29. The SMILES string of the molecule is CCNC(=O)C1=CNC(=COc2nn3c(-c4cc(C)on4)nnc3c3ccccc23)C=C1. The summed E-state index contributed by atoms with van der Waals surface area (Å²) in [6.45, 7) is 4.24. The topological polar surface area (TPSA) is 119 Å². The molecule has 0 saturated carbocycles. The van der Waals surface area contributed by atoms with Crippen molar-refractivity contribution in [2.24, 2.45) is 0 Å². The lowest BCUT2D eigenvalue weighted by Crippen LogP contribution is -2.26. The van der Waals surface area contributed by atoms with Crippen LogP contribution in [0.4, 0.5) is 0 Å². The maximum Gasteiger partial charge on any atom is 0.252 e. The summed E-state index contributed by atoms with van der Waals surface area (Å²) in [5.74, 6) is 1.34. The number of rotatable bonds is 5. The summed E-state index contributed by atoms with van der Waals surface area (Å²) in [6, 6.07) is 9.42. The molecule has 0 saturated heterocycles. The Morgan fingerprint density at radius 1 is 1.25 bits per heavy atom. The van der Waals surface area contributed by atoms with E-state index in [2.05, 4.69) is 31.1 Å². The average Bonchev–Trinajstić information content (AvgIpc) is 3.44. The van der Waals surface area contributed by atoms with E-state index in [1.807, 2.05) is 31.2 Å². The van der Waals surface area contributed by atoms with Crippen LogP contribution in [0.25, 0.3) is 27.9 Å². The summed E-state index contributed by atoms with van der Waals surface area (Å²) >= 11 is 0. The molecule has 0 fully saturated rings. The number of nitrogens with one attached hydrogen (secondary N) is 2. The first-order valence-electron chi connectivity index (χ1n) is 10.0. The quantitative estimate of drug-likeness (QED) is 0.465. The monoisotopic (exact) mass is 429 g/mol. The maximum atomic E-state index is 11.9. The summed E-state index contributed by atoms with van der Waals surface area (Å²) in [7, 11) is 0. The zero-order valence-corrected chi connectivity index (χ0v) is 17.4. The van der Waals surface area contributed by atoms with Gasteiger partial charge in [0.1, 0.15) is 12.0 Å². The summed E-state index contributed by atoms with van der Waals surface area (Å²) < 4.78 is 12.7. The molecule has 160 valence electrons. The van der Waals surface area contributed by atoms with Gasteiger partial charge in [-0.3, -0.25) is 4.79 Å². The third-order valence-electron chi connectivity index (χ3n) is 4.82. The molecule has 0 atom stereocenters. The fourth-order valence-electron chi connectivity index (χ4n) is 3.30. The summed E-state index contributed by atoms with van der Waals surface area (Å²) in [5.41, 5.74) is 2.31. The van der Waals surface area contributed by atoms with E-state index in [1.54, 1.807) is 35.9 Å². The molecule has 5 rings (SSSR count). The van der Waals surface area contributed by atoms with Gasteiger partial charge in [0.05, 0.1) is 11.3 Å². The van der Waals surface area contributed by atoms with E-state index in [9.17, 15) is 4.79 Å². The van der Waals surface area contributed by atoms with Crippen LogP contribution < -0.4 is 15.4 Å². The maximum absolute atomic E-state index is 11.9. The lowest BCUT2D eigenvalue weighted by Gasteiger charge is -2.12. The third-order valence-corrected chi connectivity index (χ3v) is 4.82. The van der Waals surface area contributed by atoms with Crippen molar-refractivity contribution in [2.45, 2.75) is 13.8 Å². The molecule has 10 nitrogen and oxygen atoms in total. The number of benzene rings is 1. The number of nitrogens with zero attached hydrogens (tertiary/aromatic N) is 5. The van der Waals surface area contributed by atoms with Crippen LogP contribution in [0.15, 0.2) is 70.7 Å². The molecular formula is C22H19N7O3. The van der Waals surface area contributed by atoms with Crippen LogP contribution in [0.1, 0.15) is 12.7 Å². The van der Waals surface area contributed by atoms with E-state index < -0.39 is 0 Å². The summed E-state index contributed by atoms with van der Waals surface area (Å²) in [4.78, 5) is 11.9. The van der Waals surface area contributed by atoms with Gasteiger partial charge in [-0.15, -0.1) is 15.3 Å². The van der Waals surface area contributed by atoms with Crippen molar-refractivity contribution in [3.05, 3.63) is 72.0 Å². The second kappa shape index (κ2) is 7.99. The fourth-order valence-corrected chi connectivity index (χ4v) is 3.30. The highest BCUT2D eigenvalue weighted by molar-refractivity contribution is 5.97. The lowest BCUT2D eigenvalue weighted by molar-refractivity contribution is -0.117.